The van der Waals surface area contributed by atoms with Crippen LogP contribution >= 0.6 is 11.3 Å². The Kier molecular flexibility index (Phi) is 2.73. The first kappa shape index (κ1) is 11.2. The molecule has 0 amide bonds. The highest BCUT2D eigenvalue weighted by atomic mass is 32.1. The van der Waals surface area contributed by atoms with Gasteiger partial charge in [0, 0.05) is 12.1 Å². The highest BCUT2D eigenvalue weighted by Crippen LogP contribution is 2.23. The molecule has 6 heteroatoms. The summed E-state index contributed by atoms with van der Waals surface area (Å²) in [5.74, 6) is 0.836. The molecular formula is C12H12N4OS. The van der Waals surface area contributed by atoms with Gasteiger partial charge in [0.2, 0.25) is 4.96 Å². The van der Waals surface area contributed by atoms with Crippen molar-refractivity contribution < 1.29 is 4.74 Å². The lowest BCUT2D eigenvalue weighted by atomic mass is 10.2. The van der Waals surface area contributed by atoms with E-state index in [4.69, 9.17) is 10.5 Å². The van der Waals surface area contributed by atoms with Crippen LogP contribution in [-0.4, -0.2) is 21.7 Å². The molecule has 3 aromatic rings. The number of fused-ring (bicyclic) bond motifs is 1. The van der Waals surface area contributed by atoms with Gasteiger partial charge in [0.15, 0.2) is 0 Å². The fraction of sp³-hybridized carbons (Fsp3) is 0.167. The van der Waals surface area contributed by atoms with E-state index in [9.17, 15) is 0 Å². The zero-order valence-electron chi connectivity index (χ0n) is 9.83. The number of hydrogen-bond acceptors (Lipinski definition) is 5. The van der Waals surface area contributed by atoms with Crippen LogP contribution in [0.2, 0.25) is 0 Å². The first-order chi connectivity index (χ1) is 8.80. The monoisotopic (exact) mass is 260 g/mol. The molecule has 2 N–H and O–H groups in total. The van der Waals surface area contributed by atoms with Crippen molar-refractivity contribution in [2.45, 2.75) is 6.54 Å². The largest absolute Gasteiger partial charge is 0.497 e. The number of methoxy groups -OCH3 is 1. The van der Waals surface area contributed by atoms with Gasteiger partial charge < -0.3 is 10.5 Å². The lowest BCUT2D eigenvalue weighted by Crippen LogP contribution is -1.95. The second kappa shape index (κ2) is 4.40. The van der Waals surface area contributed by atoms with Crippen molar-refractivity contribution in [1.29, 1.82) is 0 Å². The van der Waals surface area contributed by atoms with Crippen LogP contribution in [0.1, 0.15) is 5.01 Å². The van der Waals surface area contributed by atoms with E-state index in [2.05, 4.69) is 10.1 Å². The minimum atomic E-state index is 0.450. The molecule has 2 heterocycles. The third-order valence-corrected chi connectivity index (χ3v) is 3.59. The Labute approximate surface area is 108 Å². The highest BCUT2D eigenvalue weighted by molar-refractivity contribution is 7.16. The Balaban J connectivity index is 1.99. The van der Waals surface area contributed by atoms with Gasteiger partial charge in [0.1, 0.15) is 10.8 Å². The second-order valence-corrected chi connectivity index (χ2v) is 4.82. The first-order valence-corrected chi connectivity index (χ1v) is 6.31. The smallest absolute Gasteiger partial charge is 0.212 e. The Morgan fingerprint density at radius 1 is 1.33 bits per heavy atom. The summed E-state index contributed by atoms with van der Waals surface area (Å²) in [5.41, 5.74) is 7.49. The molecule has 0 aliphatic rings. The van der Waals surface area contributed by atoms with Crippen molar-refractivity contribution in [3.8, 4) is 17.0 Å². The highest BCUT2D eigenvalue weighted by Gasteiger charge is 2.08. The van der Waals surface area contributed by atoms with Crippen LogP contribution in [0.25, 0.3) is 16.2 Å². The van der Waals surface area contributed by atoms with Gasteiger partial charge in [0.25, 0.3) is 0 Å². The molecule has 0 unspecified atom stereocenters. The van der Waals surface area contributed by atoms with E-state index in [1.54, 1.807) is 11.6 Å². The molecule has 0 bridgehead atoms. The summed E-state index contributed by atoms with van der Waals surface area (Å²) in [7, 11) is 1.65. The molecular weight excluding hydrogens is 248 g/mol. The Morgan fingerprint density at radius 3 is 2.72 bits per heavy atom. The fourth-order valence-corrected chi connectivity index (χ4v) is 2.48. The summed E-state index contributed by atoms with van der Waals surface area (Å²) in [4.78, 5) is 5.39. The van der Waals surface area contributed by atoms with Crippen LogP contribution in [0.5, 0.6) is 5.75 Å². The molecule has 0 atom stereocenters. The molecule has 1 aromatic carbocycles. The summed E-state index contributed by atoms with van der Waals surface area (Å²) >= 11 is 1.51. The minimum Gasteiger partial charge on any atom is -0.497 e. The Hall–Kier alpha value is -1.92. The summed E-state index contributed by atoms with van der Waals surface area (Å²) in [6.45, 7) is 0.450. The van der Waals surface area contributed by atoms with Crippen molar-refractivity contribution in [1.82, 2.24) is 14.6 Å². The minimum absolute atomic E-state index is 0.450. The molecule has 0 aliphatic carbocycles. The van der Waals surface area contributed by atoms with Crippen LogP contribution in [0, 0.1) is 0 Å². The lowest BCUT2D eigenvalue weighted by Gasteiger charge is -2.00. The third-order valence-electron chi connectivity index (χ3n) is 2.65. The van der Waals surface area contributed by atoms with Crippen molar-refractivity contribution in [3.63, 3.8) is 0 Å². The van der Waals surface area contributed by atoms with Crippen molar-refractivity contribution in [3.05, 3.63) is 35.5 Å². The summed E-state index contributed by atoms with van der Waals surface area (Å²) in [5, 5.41) is 5.22. The van der Waals surface area contributed by atoms with Gasteiger partial charge >= 0.3 is 0 Å². The number of hydrogen-bond donors (Lipinski definition) is 1. The van der Waals surface area contributed by atoms with Crippen LogP contribution in [0.4, 0.5) is 0 Å². The maximum atomic E-state index is 5.55. The molecule has 0 saturated heterocycles. The van der Waals surface area contributed by atoms with Gasteiger partial charge in [0.05, 0.1) is 19.0 Å². The number of nitrogens with two attached hydrogens (primary N) is 1. The first-order valence-electron chi connectivity index (χ1n) is 5.50. The fourth-order valence-electron chi connectivity index (χ4n) is 1.72. The number of aromatic nitrogens is 3. The van der Waals surface area contributed by atoms with Crippen LogP contribution in [0.15, 0.2) is 30.5 Å². The second-order valence-electron chi connectivity index (χ2n) is 3.78. The molecule has 0 spiro atoms. The van der Waals surface area contributed by atoms with Crippen molar-refractivity contribution in [2.24, 2.45) is 5.73 Å². The molecule has 0 radical (unpaired) electrons. The van der Waals surface area contributed by atoms with E-state index in [0.717, 1.165) is 27.0 Å². The SMILES string of the molecule is COc1ccc(-c2cn3nc(CN)sc3n2)cc1. The Morgan fingerprint density at radius 2 is 2.11 bits per heavy atom. The number of ether oxygens (including phenoxy) is 1. The van der Waals surface area contributed by atoms with E-state index >= 15 is 0 Å². The standard InChI is InChI=1S/C12H12N4OS/c1-17-9-4-2-8(3-5-9)10-7-16-12(14-10)18-11(6-13)15-16/h2-5,7H,6,13H2,1H3. The number of nitrogens with zero attached hydrogens (tertiary/aromatic N) is 3. The zero-order chi connectivity index (χ0) is 12.5. The van der Waals surface area contributed by atoms with Gasteiger partial charge in [-0.15, -0.1) is 0 Å². The average Bonchev–Trinajstić information content (AvgIpc) is 2.96. The topological polar surface area (TPSA) is 65.4 Å². The molecule has 0 saturated carbocycles. The molecule has 3 rings (SSSR count). The molecule has 92 valence electrons. The Bertz CT molecular complexity index is 640. The van der Waals surface area contributed by atoms with E-state index in [1.807, 2.05) is 30.5 Å². The average molecular weight is 260 g/mol. The van der Waals surface area contributed by atoms with Crippen LogP contribution < -0.4 is 10.5 Å². The number of imidazole rings is 1. The zero-order valence-corrected chi connectivity index (χ0v) is 10.6. The lowest BCUT2D eigenvalue weighted by molar-refractivity contribution is 0.415. The predicted octanol–water partition coefficient (Wildman–Crippen LogP) is 1.93. The van der Waals surface area contributed by atoms with Gasteiger partial charge in [-0.2, -0.15) is 5.10 Å². The molecule has 18 heavy (non-hydrogen) atoms. The quantitative estimate of drug-likeness (QED) is 0.781. The van der Waals surface area contributed by atoms with Gasteiger partial charge in [-0.1, -0.05) is 11.3 Å². The maximum Gasteiger partial charge on any atom is 0.212 e. The maximum absolute atomic E-state index is 5.55. The van der Waals surface area contributed by atoms with E-state index < -0.39 is 0 Å². The molecule has 0 aliphatic heterocycles. The van der Waals surface area contributed by atoms with E-state index in [0.29, 0.717) is 6.54 Å². The predicted molar refractivity (Wildman–Crippen MR) is 70.7 cm³/mol. The molecule has 0 fully saturated rings. The summed E-state index contributed by atoms with van der Waals surface area (Å²) in [6.07, 6.45) is 1.91. The van der Waals surface area contributed by atoms with Crippen LogP contribution in [-0.2, 0) is 6.54 Å². The van der Waals surface area contributed by atoms with Crippen LogP contribution in [0.3, 0.4) is 0 Å². The van der Waals surface area contributed by atoms with Gasteiger partial charge in [-0.05, 0) is 24.3 Å². The van der Waals surface area contributed by atoms with E-state index in [1.165, 1.54) is 11.3 Å². The normalized spacial score (nSPS) is 11.0. The van der Waals surface area contributed by atoms with Gasteiger partial charge in [-0.3, -0.25) is 0 Å². The van der Waals surface area contributed by atoms with Gasteiger partial charge in [-0.25, -0.2) is 9.50 Å². The van der Waals surface area contributed by atoms with Crippen molar-refractivity contribution >= 4 is 16.3 Å². The number of rotatable bonds is 3. The third kappa shape index (κ3) is 1.85. The summed E-state index contributed by atoms with van der Waals surface area (Å²) < 4.78 is 6.90. The molecule has 5 nitrogen and oxygen atoms in total. The summed E-state index contributed by atoms with van der Waals surface area (Å²) in [6, 6.07) is 7.80. The molecule has 2 aromatic heterocycles. The van der Waals surface area contributed by atoms with E-state index in [-0.39, 0.29) is 0 Å². The van der Waals surface area contributed by atoms with Crippen molar-refractivity contribution in [2.75, 3.05) is 7.11 Å². The number of benzene rings is 1.